The van der Waals surface area contributed by atoms with Crippen LogP contribution in [0.1, 0.15) is 43.2 Å². The number of quaternary nitrogens is 1. The molecule has 2 atom stereocenters. The molecule has 120 valence electrons. The zero-order valence-corrected chi connectivity index (χ0v) is 13.8. The van der Waals surface area contributed by atoms with Crippen molar-refractivity contribution in [1.82, 2.24) is 4.90 Å². The molecule has 0 bridgehead atoms. The van der Waals surface area contributed by atoms with Gasteiger partial charge in [-0.3, -0.25) is 4.79 Å². The number of rotatable bonds is 3. The van der Waals surface area contributed by atoms with Gasteiger partial charge in [0.25, 0.3) is 0 Å². The molecule has 1 N–H and O–H groups in total. The van der Waals surface area contributed by atoms with E-state index in [0.29, 0.717) is 5.91 Å². The molecule has 3 nitrogen and oxygen atoms in total. The molecule has 1 amide bonds. The second-order valence-corrected chi connectivity index (χ2v) is 7.09. The Morgan fingerprint density at radius 1 is 1.14 bits per heavy atom. The first kappa shape index (κ1) is 15.5. The monoisotopic (exact) mass is 301 g/mol. The van der Waals surface area contributed by atoms with Crippen LogP contribution in [0, 0.1) is 12.8 Å². The van der Waals surface area contributed by atoms with Crippen LogP contribution in [0.4, 0.5) is 0 Å². The molecule has 0 radical (unpaired) electrons. The van der Waals surface area contributed by atoms with Crippen LogP contribution < -0.4 is 4.90 Å². The van der Waals surface area contributed by atoms with Gasteiger partial charge in [-0.05, 0) is 39.0 Å². The average molecular weight is 301 g/mol. The summed E-state index contributed by atoms with van der Waals surface area (Å²) >= 11 is 0. The van der Waals surface area contributed by atoms with Crippen molar-refractivity contribution in [3.05, 3.63) is 35.4 Å². The molecule has 1 aromatic carbocycles. The Hall–Kier alpha value is -1.35. The van der Waals surface area contributed by atoms with Gasteiger partial charge in [0.1, 0.15) is 6.54 Å². The number of carbonyl (C=O) groups excluding carboxylic acids is 1. The van der Waals surface area contributed by atoms with Crippen molar-refractivity contribution in [3.8, 4) is 0 Å². The maximum absolute atomic E-state index is 12.7. The SMILES string of the molecule is Cc1ccc(C[NH+]2CCCC(C(=O)N3CCCCC3)C2)cc1. The standard InChI is InChI=1S/C19H28N2O/c1-16-7-9-17(10-8-16)14-20-11-5-6-18(15-20)19(22)21-12-3-2-4-13-21/h7-10,18H,2-6,11-15H2,1H3/p+1. The van der Waals surface area contributed by atoms with Crippen LogP contribution >= 0.6 is 0 Å². The van der Waals surface area contributed by atoms with E-state index in [2.05, 4.69) is 36.1 Å². The van der Waals surface area contributed by atoms with E-state index < -0.39 is 0 Å². The molecule has 0 saturated carbocycles. The lowest BCUT2D eigenvalue weighted by molar-refractivity contribution is -0.921. The summed E-state index contributed by atoms with van der Waals surface area (Å²) in [6.07, 6.45) is 5.95. The first-order valence-electron chi connectivity index (χ1n) is 8.90. The normalized spacial score (nSPS) is 26.0. The zero-order valence-electron chi connectivity index (χ0n) is 13.8. The summed E-state index contributed by atoms with van der Waals surface area (Å²) in [7, 11) is 0. The Morgan fingerprint density at radius 3 is 2.59 bits per heavy atom. The van der Waals surface area contributed by atoms with Gasteiger partial charge in [-0.15, -0.1) is 0 Å². The summed E-state index contributed by atoms with van der Waals surface area (Å²) in [6.45, 7) is 7.39. The summed E-state index contributed by atoms with van der Waals surface area (Å²) in [4.78, 5) is 16.4. The number of likely N-dealkylation sites (tertiary alicyclic amines) is 2. The lowest BCUT2D eigenvalue weighted by Gasteiger charge is -2.34. The predicted octanol–water partition coefficient (Wildman–Crippen LogP) is 1.80. The van der Waals surface area contributed by atoms with E-state index in [0.717, 1.165) is 32.6 Å². The highest BCUT2D eigenvalue weighted by atomic mass is 16.2. The quantitative estimate of drug-likeness (QED) is 0.905. The average Bonchev–Trinajstić information content (AvgIpc) is 2.57. The third-order valence-electron chi connectivity index (χ3n) is 5.21. The van der Waals surface area contributed by atoms with Crippen molar-refractivity contribution in [2.24, 2.45) is 5.92 Å². The first-order chi connectivity index (χ1) is 10.7. The molecule has 3 heteroatoms. The van der Waals surface area contributed by atoms with Crippen molar-refractivity contribution in [1.29, 1.82) is 0 Å². The zero-order chi connectivity index (χ0) is 15.4. The van der Waals surface area contributed by atoms with Crippen LogP contribution in [0.15, 0.2) is 24.3 Å². The molecule has 0 aliphatic carbocycles. The third-order valence-corrected chi connectivity index (χ3v) is 5.21. The van der Waals surface area contributed by atoms with E-state index in [-0.39, 0.29) is 5.92 Å². The molecule has 1 aromatic rings. The van der Waals surface area contributed by atoms with Crippen LogP contribution in [0.3, 0.4) is 0 Å². The Labute approximate surface area is 134 Å². The number of carbonyl (C=O) groups is 1. The van der Waals surface area contributed by atoms with Gasteiger partial charge >= 0.3 is 0 Å². The number of amides is 1. The lowest BCUT2D eigenvalue weighted by atomic mass is 9.95. The van der Waals surface area contributed by atoms with E-state index >= 15 is 0 Å². The maximum atomic E-state index is 12.7. The predicted molar refractivity (Wildman–Crippen MR) is 88.7 cm³/mol. The summed E-state index contributed by atoms with van der Waals surface area (Å²) in [5.41, 5.74) is 2.71. The van der Waals surface area contributed by atoms with Crippen LogP contribution in [-0.4, -0.2) is 37.0 Å². The molecule has 2 aliphatic heterocycles. The number of aryl methyl sites for hydroxylation is 1. The summed E-state index contributed by atoms with van der Waals surface area (Å²) in [6, 6.07) is 8.85. The Kier molecular flexibility index (Phi) is 5.14. The highest BCUT2D eigenvalue weighted by Crippen LogP contribution is 2.16. The highest BCUT2D eigenvalue weighted by Gasteiger charge is 2.32. The van der Waals surface area contributed by atoms with Crippen LogP contribution in [0.25, 0.3) is 0 Å². The van der Waals surface area contributed by atoms with Gasteiger partial charge in [0.2, 0.25) is 5.91 Å². The number of benzene rings is 1. The first-order valence-corrected chi connectivity index (χ1v) is 8.90. The number of piperidine rings is 2. The Bertz CT molecular complexity index is 491. The van der Waals surface area contributed by atoms with Crippen LogP contribution in [0.2, 0.25) is 0 Å². The molecular weight excluding hydrogens is 272 g/mol. The van der Waals surface area contributed by atoms with Gasteiger partial charge in [0.15, 0.2) is 0 Å². The molecule has 0 aromatic heterocycles. The fraction of sp³-hybridized carbons (Fsp3) is 0.632. The topological polar surface area (TPSA) is 24.8 Å². The van der Waals surface area contributed by atoms with Gasteiger partial charge in [0, 0.05) is 18.7 Å². The molecule has 2 aliphatic rings. The van der Waals surface area contributed by atoms with E-state index in [1.165, 1.54) is 43.4 Å². The second-order valence-electron chi connectivity index (χ2n) is 7.09. The molecule has 0 spiro atoms. The lowest BCUT2D eigenvalue weighted by Crippen LogP contribution is -3.12. The Balaban J connectivity index is 1.56. The molecular formula is C19H29N2O+. The van der Waals surface area contributed by atoms with Gasteiger partial charge in [-0.25, -0.2) is 0 Å². The van der Waals surface area contributed by atoms with Crippen molar-refractivity contribution in [2.45, 2.75) is 45.6 Å². The van der Waals surface area contributed by atoms with Gasteiger partial charge in [-0.1, -0.05) is 29.8 Å². The highest BCUT2D eigenvalue weighted by molar-refractivity contribution is 5.79. The van der Waals surface area contributed by atoms with Crippen LogP contribution in [0.5, 0.6) is 0 Å². The van der Waals surface area contributed by atoms with Crippen molar-refractivity contribution < 1.29 is 9.69 Å². The summed E-state index contributed by atoms with van der Waals surface area (Å²) < 4.78 is 0. The molecule has 2 saturated heterocycles. The van der Waals surface area contributed by atoms with Crippen molar-refractivity contribution >= 4 is 5.91 Å². The molecule has 2 unspecified atom stereocenters. The maximum Gasteiger partial charge on any atom is 0.231 e. The van der Waals surface area contributed by atoms with Crippen molar-refractivity contribution in [3.63, 3.8) is 0 Å². The number of hydrogen-bond acceptors (Lipinski definition) is 1. The molecule has 2 fully saturated rings. The van der Waals surface area contributed by atoms with E-state index in [9.17, 15) is 4.79 Å². The van der Waals surface area contributed by atoms with Gasteiger partial charge < -0.3 is 9.80 Å². The minimum absolute atomic E-state index is 0.257. The molecule has 2 heterocycles. The number of nitrogens with zero attached hydrogens (tertiary/aromatic N) is 1. The minimum atomic E-state index is 0.257. The van der Waals surface area contributed by atoms with Crippen molar-refractivity contribution in [2.75, 3.05) is 26.2 Å². The smallest absolute Gasteiger partial charge is 0.231 e. The number of hydrogen-bond donors (Lipinski definition) is 1. The largest absolute Gasteiger partial charge is 0.342 e. The van der Waals surface area contributed by atoms with Crippen LogP contribution in [-0.2, 0) is 11.3 Å². The van der Waals surface area contributed by atoms with E-state index in [1.807, 2.05) is 0 Å². The molecule has 22 heavy (non-hydrogen) atoms. The second kappa shape index (κ2) is 7.28. The van der Waals surface area contributed by atoms with Gasteiger partial charge in [0.05, 0.1) is 19.0 Å². The fourth-order valence-corrected chi connectivity index (χ4v) is 3.89. The number of nitrogens with one attached hydrogen (secondary N) is 1. The van der Waals surface area contributed by atoms with E-state index in [1.54, 1.807) is 4.90 Å². The molecule has 3 rings (SSSR count). The fourth-order valence-electron chi connectivity index (χ4n) is 3.89. The summed E-state index contributed by atoms with van der Waals surface area (Å²) in [5, 5.41) is 0. The summed E-state index contributed by atoms with van der Waals surface area (Å²) in [5.74, 6) is 0.688. The minimum Gasteiger partial charge on any atom is -0.342 e. The third kappa shape index (κ3) is 3.89. The Morgan fingerprint density at radius 2 is 1.86 bits per heavy atom. The van der Waals surface area contributed by atoms with Gasteiger partial charge in [-0.2, -0.15) is 0 Å². The van der Waals surface area contributed by atoms with E-state index in [4.69, 9.17) is 0 Å².